The maximum Gasteiger partial charge on any atom is 0.262 e. The van der Waals surface area contributed by atoms with Gasteiger partial charge in [-0.05, 0) is 78.4 Å². The summed E-state index contributed by atoms with van der Waals surface area (Å²) in [5.41, 5.74) is 3.52. The number of amides is 2. The Morgan fingerprint density at radius 2 is 1.38 bits per heavy atom. The molecule has 1 aliphatic rings. The normalized spacial score (nSPS) is 15.9. The van der Waals surface area contributed by atoms with Crippen LogP contribution < -0.4 is 20.2 Å². The monoisotopic (exact) mass is 691 g/mol. The Balaban J connectivity index is 1.23. The summed E-state index contributed by atoms with van der Waals surface area (Å²) in [6.45, 7) is -1.03. The highest BCUT2D eigenvalue weighted by Gasteiger charge is 2.43. The SMILES string of the molecule is COc1ccc(NC(=O)COc2ccc(/C=N\NC(=O)[C@@H]3CN(S(=O)(=O)c4ccccc4)CCN3S(=O)(=O)c3ccccc3)cc2)cc1. The highest BCUT2D eigenvalue weighted by molar-refractivity contribution is 7.89. The second kappa shape index (κ2) is 15.2. The van der Waals surface area contributed by atoms with Crippen LogP contribution in [-0.4, -0.2) is 82.9 Å². The van der Waals surface area contributed by atoms with Gasteiger partial charge in [0, 0.05) is 25.3 Å². The minimum Gasteiger partial charge on any atom is -0.497 e. The molecule has 1 saturated heterocycles. The van der Waals surface area contributed by atoms with Gasteiger partial charge in [-0.3, -0.25) is 9.59 Å². The molecule has 1 fully saturated rings. The molecular weight excluding hydrogens is 659 g/mol. The molecule has 48 heavy (non-hydrogen) atoms. The number of nitrogens with one attached hydrogen (secondary N) is 2. The van der Waals surface area contributed by atoms with Crippen molar-refractivity contribution < 1.29 is 35.9 Å². The molecule has 2 amide bonds. The number of nitrogens with zero attached hydrogens (tertiary/aromatic N) is 3. The summed E-state index contributed by atoms with van der Waals surface area (Å²) in [6, 6.07) is 27.3. The number of hydrogen-bond acceptors (Lipinski definition) is 9. The van der Waals surface area contributed by atoms with E-state index in [0.29, 0.717) is 22.7 Å². The van der Waals surface area contributed by atoms with Crippen LogP contribution >= 0.6 is 0 Å². The van der Waals surface area contributed by atoms with E-state index in [-0.39, 0.29) is 35.4 Å². The molecule has 5 rings (SSSR count). The number of hydrogen-bond donors (Lipinski definition) is 2. The van der Waals surface area contributed by atoms with Crippen LogP contribution in [0, 0.1) is 0 Å². The second-order valence-corrected chi connectivity index (χ2v) is 14.3. The van der Waals surface area contributed by atoms with Gasteiger partial charge in [-0.15, -0.1) is 0 Å². The van der Waals surface area contributed by atoms with E-state index in [1.54, 1.807) is 92.0 Å². The molecule has 1 aliphatic heterocycles. The fraction of sp³-hybridized carbons (Fsp3) is 0.182. The van der Waals surface area contributed by atoms with Crippen LogP contribution in [0.2, 0.25) is 0 Å². The molecule has 250 valence electrons. The molecule has 4 aromatic carbocycles. The summed E-state index contributed by atoms with van der Waals surface area (Å²) in [7, 11) is -6.61. The first-order valence-electron chi connectivity index (χ1n) is 14.7. The van der Waals surface area contributed by atoms with E-state index >= 15 is 0 Å². The molecule has 4 aromatic rings. The van der Waals surface area contributed by atoms with Crippen LogP contribution in [0.3, 0.4) is 0 Å². The largest absolute Gasteiger partial charge is 0.497 e. The van der Waals surface area contributed by atoms with Gasteiger partial charge in [0.2, 0.25) is 20.0 Å². The lowest BCUT2D eigenvalue weighted by Gasteiger charge is -2.38. The van der Waals surface area contributed by atoms with Gasteiger partial charge < -0.3 is 14.8 Å². The lowest BCUT2D eigenvalue weighted by atomic mass is 10.2. The summed E-state index contributed by atoms with van der Waals surface area (Å²) < 4.78 is 66.6. The van der Waals surface area contributed by atoms with E-state index in [0.717, 1.165) is 8.61 Å². The smallest absolute Gasteiger partial charge is 0.262 e. The van der Waals surface area contributed by atoms with E-state index in [1.807, 2.05) is 0 Å². The maximum atomic E-state index is 13.6. The fourth-order valence-electron chi connectivity index (χ4n) is 4.85. The predicted molar refractivity (Wildman–Crippen MR) is 179 cm³/mol. The minimum absolute atomic E-state index is 0.0220. The van der Waals surface area contributed by atoms with Crippen molar-refractivity contribution in [2.45, 2.75) is 15.8 Å². The number of anilines is 1. The second-order valence-electron chi connectivity index (χ2n) is 10.5. The number of ether oxygens (including phenoxy) is 2. The summed E-state index contributed by atoms with van der Waals surface area (Å²) in [5, 5.41) is 6.71. The lowest BCUT2D eigenvalue weighted by molar-refractivity contribution is -0.125. The number of rotatable bonds is 12. The Kier molecular flexibility index (Phi) is 10.9. The number of sulfonamides is 2. The van der Waals surface area contributed by atoms with Crippen molar-refractivity contribution in [3.8, 4) is 11.5 Å². The van der Waals surface area contributed by atoms with Crippen molar-refractivity contribution in [2.75, 3.05) is 38.7 Å². The third-order valence-corrected chi connectivity index (χ3v) is 11.1. The van der Waals surface area contributed by atoms with Crippen LogP contribution in [0.15, 0.2) is 124 Å². The van der Waals surface area contributed by atoms with Crippen LogP contribution in [-0.2, 0) is 29.6 Å². The van der Waals surface area contributed by atoms with Gasteiger partial charge in [0.15, 0.2) is 6.61 Å². The number of methoxy groups -OCH3 is 1. The molecule has 0 radical (unpaired) electrons. The molecule has 0 aromatic heterocycles. The fourth-order valence-corrected chi connectivity index (χ4v) is 7.90. The third kappa shape index (κ3) is 8.24. The maximum absolute atomic E-state index is 13.6. The first-order valence-corrected chi connectivity index (χ1v) is 17.6. The Morgan fingerprint density at radius 3 is 1.98 bits per heavy atom. The van der Waals surface area contributed by atoms with Gasteiger partial charge in [0.05, 0.1) is 23.1 Å². The predicted octanol–water partition coefficient (Wildman–Crippen LogP) is 2.93. The Morgan fingerprint density at radius 1 is 0.792 bits per heavy atom. The number of carbonyl (C=O) groups is 2. The lowest BCUT2D eigenvalue weighted by Crippen LogP contribution is -2.60. The quantitative estimate of drug-likeness (QED) is 0.169. The van der Waals surface area contributed by atoms with Gasteiger partial charge in [-0.2, -0.15) is 13.7 Å². The van der Waals surface area contributed by atoms with Crippen molar-refractivity contribution in [3.05, 3.63) is 115 Å². The molecule has 0 spiro atoms. The van der Waals surface area contributed by atoms with E-state index in [2.05, 4.69) is 15.8 Å². The number of carbonyl (C=O) groups excluding carboxylic acids is 2. The van der Waals surface area contributed by atoms with Crippen molar-refractivity contribution in [1.82, 2.24) is 14.0 Å². The zero-order valence-corrected chi connectivity index (χ0v) is 27.4. The molecule has 0 bridgehead atoms. The molecule has 0 aliphatic carbocycles. The van der Waals surface area contributed by atoms with Crippen LogP contribution in [0.1, 0.15) is 5.56 Å². The zero-order valence-electron chi connectivity index (χ0n) is 25.8. The van der Waals surface area contributed by atoms with Gasteiger partial charge in [0.25, 0.3) is 11.8 Å². The summed E-state index contributed by atoms with van der Waals surface area (Å²) in [6.07, 6.45) is 1.34. The van der Waals surface area contributed by atoms with E-state index in [4.69, 9.17) is 9.47 Å². The van der Waals surface area contributed by atoms with Crippen molar-refractivity contribution in [3.63, 3.8) is 0 Å². The molecule has 15 heteroatoms. The van der Waals surface area contributed by atoms with Crippen LogP contribution in [0.4, 0.5) is 5.69 Å². The summed E-state index contributed by atoms with van der Waals surface area (Å²) >= 11 is 0. The van der Waals surface area contributed by atoms with Crippen molar-refractivity contribution >= 4 is 43.8 Å². The average Bonchev–Trinajstić information content (AvgIpc) is 3.12. The standard InChI is InChI=1S/C33H33N5O8S2/c1-45-27-18-14-26(15-19-27)35-32(39)24-46-28-16-12-25(13-17-28)22-34-36-33(40)31-23-37(47(41,42)29-8-4-2-5-9-29)20-21-38(31)48(43,44)30-10-6-3-7-11-30/h2-19,22,31H,20-21,23-24H2,1H3,(H,35,39)(H,36,40)/b34-22-/t31-/m0/s1. The van der Waals surface area contributed by atoms with Gasteiger partial charge in [0.1, 0.15) is 17.5 Å². The summed E-state index contributed by atoms with van der Waals surface area (Å²) in [4.78, 5) is 25.7. The van der Waals surface area contributed by atoms with E-state index in [1.165, 1.54) is 30.5 Å². The summed E-state index contributed by atoms with van der Waals surface area (Å²) in [5.74, 6) is -0.0682. The van der Waals surface area contributed by atoms with E-state index < -0.39 is 38.5 Å². The zero-order chi connectivity index (χ0) is 34.1. The number of hydrazone groups is 1. The molecule has 0 unspecified atom stereocenters. The molecular formula is C33H33N5O8S2. The number of piperazine rings is 1. The molecule has 1 atom stereocenters. The first kappa shape index (κ1) is 34.3. The van der Waals surface area contributed by atoms with Crippen LogP contribution in [0.25, 0.3) is 0 Å². The highest BCUT2D eigenvalue weighted by Crippen LogP contribution is 2.25. The Bertz CT molecular complexity index is 1960. The number of benzene rings is 4. The highest BCUT2D eigenvalue weighted by atomic mass is 32.2. The van der Waals surface area contributed by atoms with Gasteiger partial charge in [-0.25, -0.2) is 22.3 Å². The first-order chi connectivity index (χ1) is 23.1. The molecule has 13 nitrogen and oxygen atoms in total. The van der Waals surface area contributed by atoms with Crippen molar-refractivity contribution in [2.24, 2.45) is 5.10 Å². The van der Waals surface area contributed by atoms with E-state index in [9.17, 15) is 26.4 Å². The third-order valence-electron chi connectivity index (χ3n) is 7.34. The average molecular weight is 692 g/mol. The van der Waals surface area contributed by atoms with Crippen molar-refractivity contribution in [1.29, 1.82) is 0 Å². The molecule has 2 N–H and O–H groups in total. The topological polar surface area (TPSA) is 164 Å². The van der Waals surface area contributed by atoms with Crippen LogP contribution in [0.5, 0.6) is 11.5 Å². The molecule has 0 saturated carbocycles. The van der Waals surface area contributed by atoms with Gasteiger partial charge >= 0.3 is 0 Å². The Hall–Kier alpha value is -5.09. The Labute approximate surface area is 278 Å². The van der Waals surface area contributed by atoms with Gasteiger partial charge in [-0.1, -0.05) is 36.4 Å². The molecule has 1 heterocycles. The minimum atomic E-state index is -4.15.